The van der Waals surface area contributed by atoms with Gasteiger partial charge in [-0.25, -0.2) is 13.1 Å². The summed E-state index contributed by atoms with van der Waals surface area (Å²) in [4.78, 5) is 14.3. The van der Waals surface area contributed by atoms with Crippen LogP contribution < -0.4 is 14.4 Å². The van der Waals surface area contributed by atoms with Crippen molar-refractivity contribution in [2.24, 2.45) is 0 Å². The Balaban J connectivity index is 1.98. The van der Waals surface area contributed by atoms with Crippen LogP contribution in [-0.4, -0.2) is 34.5 Å². The van der Waals surface area contributed by atoms with Crippen molar-refractivity contribution in [2.75, 3.05) is 19.1 Å². The Labute approximate surface area is 161 Å². The lowest BCUT2D eigenvalue weighted by Crippen LogP contribution is -2.30. The number of benzene rings is 2. The molecule has 0 spiro atoms. The van der Waals surface area contributed by atoms with Crippen molar-refractivity contribution in [1.82, 2.24) is 4.72 Å². The summed E-state index contributed by atoms with van der Waals surface area (Å²) in [6, 6.07) is 13.8. The number of sulfonamides is 1. The number of hydrogen-bond donors (Lipinski definition) is 1. The first-order chi connectivity index (χ1) is 12.7. The maximum Gasteiger partial charge on any atom is 0.240 e. The monoisotopic (exact) mass is 390 g/mol. The first-order valence-corrected chi connectivity index (χ1v) is 10.2. The van der Waals surface area contributed by atoms with E-state index in [1.165, 1.54) is 0 Å². The standard InChI is InChI=1S/C20H26N2O4S/c1-15(2)21-27(24,25)19-11-8-16(9-12-19)10-13-20(23)22(3)17-6-5-7-18(14-17)26-4/h5-9,11-12,14-15,21H,10,13H2,1-4H3. The van der Waals surface area contributed by atoms with Crippen molar-refractivity contribution in [1.29, 1.82) is 0 Å². The third-order valence-electron chi connectivity index (χ3n) is 4.07. The van der Waals surface area contributed by atoms with Crippen molar-refractivity contribution >= 4 is 21.6 Å². The van der Waals surface area contributed by atoms with Crippen LogP contribution in [0.5, 0.6) is 5.75 Å². The van der Waals surface area contributed by atoms with Crippen LogP contribution in [0.15, 0.2) is 53.4 Å². The molecule has 0 aliphatic rings. The zero-order chi connectivity index (χ0) is 20.0. The van der Waals surface area contributed by atoms with E-state index >= 15 is 0 Å². The third-order valence-corrected chi connectivity index (χ3v) is 5.74. The fourth-order valence-electron chi connectivity index (χ4n) is 2.60. The number of ether oxygens (including phenoxy) is 1. The predicted octanol–water partition coefficient (Wildman–Crippen LogP) is 2.98. The Morgan fingerprint density at radius 2 is 1.81 bits per heavy atom. The molecular weight excluding hydrogens is 364 g/mol. The molecule has 2 aromatic rings. The molecule has 0 bridgehead atoms. The van der Waals surface area contributed by atoms with Crippen LogP contribution in [0.1, 0.15) is 25.8 Å². The van der Waals surface area contributed by atoms with E-state index in [-0.39, 0.29) is 16.8 Å². The lowest BCUT2D eigenvalue weighted by atomic mass is 10.1. The SMILES string of the molecule is COc1cccc(N(C)C(=O)CCc2ccc(S(=O)(=O)NC(C)C)cc2)c1. The molecule has 146 valence electrons. The highest BCUT2D eigenvalue weighted by Gasteiger charge is 2.15. The molecule has 1 amide bonds. The van der Waals surface area contributed by atoms with Gasteiger partial charge in [0.1, 0.15) is 5.75 Å². The number of aryl methyl sites for hydroxylation is 1. The Morgan fingerprint density at radius 3 is 2.41 bits per heavy atom. The number of nitrogens with one attached hydrogen (secondary N) is 1. The summed E-state index contributed by atoms with van der Waals surface area (Å²) >= 11 is 0. The number of nitrogens with zero attached hydrogens (tertiary/aromatic N) is 1. The van der Waals surface area contributed by atoms with E-state index in [9.17, 15) is 13.2 Å². The van der Waals surface area contributed by atoms with Gasteiger partial charge in [0.2, 0.25) is 15.9 Å². The number of carbonyl (C=O) groups is 1. The Bertz CT molecular complexity index is 877. The molecule has 6 nitrogen and oxygen atoms in total. The normalized spacial score (nSPS) is 11.4. The van der Waals surface area contributed by atoms with E-state index in [1.807, 2.05) is 18.2 Å². The van der Waals surface area contributed by atoms with Crippen LogP contribution in [0.4, 0.5) is 5.69 Å². The van der Waals surface area contributed by atoms with Crippen molar-refractivity contribution < 1.29 is 17.9 Å². The minimum absolute atomic E-state index is 0.0265. The Kier molecular flexibility index (Phi) is 6.98. The summed E-state index contributed by atoms with van der Waals surface area (Å²) in [6.07, 6.45) is 0.856. The van der Waals surface area contributed by atoms with Crippen molar-refractivity contribution in [3.63, 3.8) is 0 Å². The van der Waals surface area contributed by atoms with E-state index in [4.69, 9.17) is 4.74 Å². The molecule has 0 atom stereocenters. The van der Waals surface area contributed by atoms with Crippen molar-refractivity contribution in [3.05, 3.63) is 54.1 Å². The predicted molar refractivity (Wildman–Crippen MR) is 107 cm³/mol. The Morgan fingerprint density at radius 1 is 1.15 bits per heavy atom. The molecule has 0 saturated heterocycles. The molecule has 0 unspecified atom stereocenters. The molecule has 0 radical (unpaired) electrons. The molecule has 0 aliphatic heterocycles. The summed E-state index contributed by atoms with van der Waals surface area (Å²) < 4.78 is 32.0. The second kappa shape index (κ2) is 9.01. The molecule has 0 aliphatic carbocycles. The van der Waals surface area contributed by atoms with E-state index in [1.54, 1.807) is 63.2 Å². The fourth-order valence-corrected chi connectivity index (χ4v) is 3.85. The van der Waals surface area contributed by atoms with Crippen molar-refractivity contribution in [2.45, 2.75) is 37.6 Å². The number of anilines is 1. The van der Waals surface area contributed by atoms with Crippen LogP contribution in [0, 0.1) is 0 Å². The summed E-state index contributed by atoms with van der Waals surface area (Å²) in [7, 11) is -0.189. The minimum Gasteiger partial charge on any atom is -0.497 e. The number of rotatable bonds is 8. The number of hydrogen-bond acceptors (Lipinski definition) is 4. The molecular formula is C20H26N2O4S. The number of methoxy groups -OCH3 is 1. The maximum absolute atomic E-state index is 12.4. The average Bonchev–Trinajstić information content (AvgIpc) is 2.64. The topological polar surface area (TPSA) is 75.7 Å². The summed E-state index contributed by atoms with van der Waals surface area (Å²) in [6.45, 7) is 3.55. The highest BCUT2D eigenvalue weighted by Crippen LogP contribution is 2.21. The molecule has 0 saturated carbocycles. The highest BCUT2D eigenvalue weighted by molar-refractivity contribution is 7.89. The van der Waals surface area contributed by atoms with Gasteiger partial charge in [-0.2, -0.15) is 0 Å². The van der Waals surface area contributed by atoms with E-state index < -0.39 is 10.0 Å². The third kappa shape index (κ3) is 5.80. The van der Waals surface area contributed by atoms with Crippen LogP contribution in [0.25, 0.3) is 0 Å². The summed E-state index contributed by atoms with van der Waals surface area (Å²) in [5.41, 5.74) is 1.67. The summed E-state index contributed by atoms with van der Waals surface area (Å²) in [5, 5.41) is 0. The molecule has 0 heterocycles. The van der Waals surface area contributed by atoms with Crippen LogP contribution >= 0.6 is 0 Å². The van der Waals surface area contributed by atoms with Gasteiger partial charge in [-0.05, 0) is 50.1 Å². The van der Waals surface area contributed by atoms with E-state index in [2.05, 4.69) is 4.72 Å². The van der Waals surface area contributed by atoms with Crippen molar-refractivity contribution in [3.8, 4) is 5.75 Å². The van der Waals surface area contributed by atoms with Gasteiger partial charge in [0, 0.05) is 31.3 Å². The molecule has 2 rings (SSSR count). The smallest absolute Gasteiger partial charge is 0.240 e. The second-order valence-electron chi connectivity index (χ2n) is 6.57. The first kappa shape index (κ1) is 20.9. The highest BCUT2D eigenvalue weighted by atomic mass is 32.2. The summed E-state index contributed by atoms with van der Waals surface area (Å²) in [5.74, 6) is 0.667. The number of carbonyl (C=O) groups excluding carboxylic acids is 1. The Hall–Kier alpha value is -2.38. The van der Waals surface area contributed by atoms with Crippen LogP contribution in [-0.2, 0) is 21.2 Å². The van der Waals surface area contributed by atoms with E-state index in [0.717, 1.165) is 11.3 Å². The molecule has 0 aromatic heterocycles. The van der Waals surface area contributed by atoms with Gasteiger partial charge in [-0.3, -0.25) is 4.79 Å². The molecule has 0 fully saturated rings. The quantitative estimate of drug-likeness (QED) is 0.752. The van der Waals surface area contributed by atoms with Gasteiger partial charge >= 0.3 is 0 Å². The molecule has 2 aromatic carbocycles. The zero-order valence-electron chi connectivity index (χ0n) is 16.1. The van der Waals surface area contributed by atoms with Crippen LogP contribution in [0.3, 0.4) is 0 Å². The molecule has 27 heavy (non-hydrogen) atoms. The maximum atomic E-state index is 12.4. The van der Waals surface area contributed by atoms with Gasteiger partial charge in [-0.1, -0.05) is 18.2 Å². The van der Waals surface area contributed by atoms with E-state index in [0.29, 0.717) is 18.6 Å². The van der Waals surface area contributed by atoms with Gasteiger partial charge in [-0.15, -0.1) is 0 Å². The van der Waals surface area contributed by atoms with Gasteiger partial charge < -0.3 is 9.64 Å². The fraction of sp³-hybridized carbons (Fsp3) is 0.350. The van der Waals surface area contributed by atoms with Gasteiger partial charge in [0.15, 0.2) is 0 Å². The number of amides is 1. The van der Waals surface area contributed by atoms with Gasteiger partial charge in [0.25, 0.3) is 0 Å². The first-order valence-electron chi connectivity index (χ1n) is 8.75. The molecule has 1 N–H and O–H groups in total. The zero-order valence-corrected chi connectivity index (χ0v) is 16.9. The largest absolute Gasteiger partial charge is 0.497 e. The van der Waals surface area contributed by atoms with Crippen LogP contribution in [0.2, 0.25) is 0 Å². The lowest BCUT2D eigenvalue weighted by Gasteiger charge is -2.18. The second-order valence-corrected chi connectivity index (χ2v) is 8.29. The van der Waals surface area contributed by atoms with Gasteiger partial charge in [0.05, 0.1) is 12.0 Å². The lowest BCUT2D eigenvalue weighted by molar-refractivity contribution is -0.118. The minimum atomic E-state index is -3.50. The average molecular weight is 391 g/mol. The molecule has 7 heteroatoms.